The van der Waals surface area contributed by atoms with Crippen LogP contribution in [-0.2, 0) is 14.6 Å². The predicted octanol–water partition coefficient (Wildman–Crippen LogP) is 0.0851. The van der Waals surface area contributed by atoms with E-state index in [1.54, 1.807) is 13.8 Å². The van der Waals surface area contributed by atoms with E-state index in [1.165, 1.54) is 6.26 Å². The Morgan fingerprint density at radius 3 is 2.43 bits per heavy atom. The van der Waals surface area contributed by atoms with E-state index in [4.69, 9.17) is 4.74 Å². The monoisotopic (exact) mass is 220 g/mol. The van der Waals surface area contributed by atoms with Crippen molar-refractivity contribution in [1.29, 1.82) is 0 Å². The lowest BCUT2D eigenvalue weighted by atomic mass is 10.2. The Kier molecular flexibility index (Phi) is 2.87. The van der Waals surface area contributed by atoms with Gasteiger partial charge in [-0.2, -0.15) is 0 Å². The first-order valence-corrected chi connectivity index (χ1v) is 6.20. The molecule has 0 atom stereocenters. The molecule has 0 saturated heterocycles. The van der Waals surface area contributed by atoms with Crippen molar-refractivity contribution < 1.29 is 13.2 Å². The summed E-state index contributed by atoms with van der Waals surface area (Å²) in [5.74, 6) is 0.304. The van der Waals surface area contributed by atoms with Gasteiger partial charge in [0, 0.05) is 6.26 Å². The molecule has 0 amide bonds. The van der Waals surface area contributed by atoms with Crippen LogP contribution in [-0.4, -0.2) is 50.7 Å². The second-order valence-electron chi connectivity index (χ2n) is 4.02. The van der Waals surface area contributed by atoms with E-state index in [2.05, 4.69) is 4.99 Å². The van der Waals surface area contributed by atoms with Gasteiger partial charge in [0.05, 0.1) is 6.67 Å². The lowest BCUT2D eigenvalue weighted by molar-refractivity contribution is 0.118. The Morgan fingerprint density at radius 2 is 2.07 bits per heavy atom. The van der Waals surface area contributed by atoms with Crippen LogP contribution in [0.3, 0.4) is 0 Å². The minimum absolute atomic E-state index is 0.304. The van der Waals surface area contributed by atoms with Crippen LogP contribution in [0, 0.1) is 0 Å². The first kappa shape index (κ1) is 11.5. The number of sulfone groups is 1. The maximum atomic E-state index is 11.5. The van der Waals surface area contributed by atoms with Crippen molar-refractivity contribution in [3.8, 4) is 0 Å². The average Bonchev–Trinajstić information content (AvgIpc) is 2.03. The van der Waals surface area contributed by atoms with Crippen molar-refractivity contribution >= 4 is 15.7 Å². The van der Waals surface area contributed by atoms with E-state index in [9.17, 15) is 8.42 Å². The van der Waals surface area contributed by atoms with Crippen LogP contribution in [0.5, 0.6) is 0 Å². The molecule has 0 aromatic carbocycles. The van der Waals surface area contributed by atoms with Gasteiger partial charge in [-0.25, -0.2) is 13.4 Å². The number of ether oxygens (including phenoxy) is 1. The quantitative estimate of drug-likeness (QED) is 0.661. The molecule has 82 valence electrons. The highest BCUT2D eigenvalue weighted by Gasteiger charge is 2.39. The summed E-state index contributed by atoms with van der Waals surface area (Å²) >= 11 is 0. The highest BCUT2D eigenvalue weighted by Crippen LogP contribution is 2.20. The zero-order chi connectivity index (χ0) is 11.0. The largest absolute Gasteiger partial charge is 0.464 e. The molecule has 1 heterocycles. The molecular weight excluding hydrogens is 204 g/mol. The third-order valence-electron chi connectivity index (χ3n) is 2.32. The molecule has 0 aliphatic carbocycles. The SMILES string of the molecule is CN1CN=C(C(C)(C)S(C)(=O)=O)OC1. The maximum absolute atomic E-state index is 11.5. The van der Waals surface area contributed by atoms with Gasteiger partial charge in [0.2, 0.25) is 5.90 Å². The number of nitrogens with zero attached hydrogens (tertiary/aromatic N) is 2. The van der Waals surface area contributed by atoms with Crippen molar-refractivity contribution in [3.05, 3.63) is 0 Å². The first-order chi connectivity index (χ1) is 6.25. The summed E-state index contributed by atoms with van der Waals surface area (Å²) in [6.07, 6.45) is 1.19. The Bertz CT molecular complexity index is 346. The molecule has 1 aliphatic heterocycles. The molecule has 0 aromatic heterocycles. The molecular formula is C8H16N2O3S. The fraction of sp³-hybridized carbons (Fsp3) is 0.875. The van der Waals surface area contributed by atoms with Gasteiger partial charge < -0.3 is 4.74 Å². The van der Waals surface area contributed by atoms with Crippen LogP contribution in [0.15, 0.2) is 4.99 Å². The molecule has 0 unspecified atom stereocenters. The zero-order valence-electron chi connectivity index (χ0n) is 8.94. The normalized spacial score (nSPS) is 20.1. The molecule has 0 aromatic rings. The summed E-state index contributed by atoms with van der Waals surface area (Å²) in [5, 5.41) is 0. The van der Waals surface area contributed by atoms with Gasteiger partial charge in [0.15, 0.2) is 9.84 Å². The van der Waals surface area contributed by atoms with Crippen LogP contribution >= 0.6 is 0 Å². The van der Waals surface area contributed by atoms with E-state index in [0.29, 0.717) is 19.3 Å². The van der Waals surface area contributed by atoms with E-state index in [0.717, 1.165) is 0 Å². The van der Waals surface area contributed by atoms with Crippen molar-refractivity contribution in [2.24, 2.45) is 4.99 Å². The van der Waals surface area contributed by atoms with Gasteiger partial charge in [-0.1, -0.05) is 0 Å². The highest BCUT2D eigenvalue weighted by molar-refractivity contribution is 7.92. The molecule has 0 fully saturated rings. The van der Waals surface area contributed by atoms with Gasteiger partial charge in [0.25, 0.3) is 0 Å². The highest BCUT2D eigenvalue weighted by atomic mass is 32.2. The van der Waals surface area contributed by atoms with Gasteiger partial charge in [-0.05, 0) is 20.9 Å². The third-order valence-corrected chi connectivity index (χ3v) is 4.35. The topological polar surface area (TPSA) is 59.0 Å². The van der Waals surface area contributed by atoms with Gasteiger partial charge in [-0.3, -0.25) is 4.90 Å². The summed E-state index contributed by atoms with van der Waals surface area (Å²) in [7, 11) is -1.34. The standard InChI is InChI=1S/C8H16N2O3S/c1-8(2,14(4,11)12)7-9-5-10(3)6-13-7/h5-6H2,1-4H3. The van der Waals surface area contributed by atoms with Crippen molar-refractivity contribution in [2.45, 2.75) is 18.6 Å². The smallest absolute Gasteiger partial charge is 0.207 e. The second kappa shape index (κ2) is 3.51. The average molecular weight is 220 g/mol. The number of hydrogen-bond donors (Lipinski definition) is 0. The summed E-state index contributed by atoms with van der Waals surface area (Å²) < 4.78 is 27.2. The van der Waals surface area contributed by atoms with Crippen LogP contribution in [0.1, 0.15) is 13.8 Å². The van der Waals surface area contributed by atoms with Crippen LogP contribution < -0.4 is 0 Å². The number of aliphatic imine (C=N–C) groups is 1. The molecule has 1 aliphatic rings. The molecule has 5 nitrogen and oxygen atoms in total. The molecule has 0 N–H and O–H groups in total. The van der Waals surface area contributed by atoms with Gasteiger partial charge in [-0.15, -0.1) is 0 Å². The Hall–Kier alpha value is -0.620. The van der Waals surface area contributed by atoms with Gasteiger partial charge in [0.1, 0.15) is 11.5 Å². The van der Waals surface area contributed by atoms with Crippen molar-refractivity contribution in [3.63, 3.8) is 0 Å². The van der Waals surface area contributed by atoms with E-state index in [1.807, 2.05) is 11.9 Å². The molecule has 0 radical (unpaired) electrons. The van der Waals surface area contributed by atoms with Crippen LogP contribution in [0.25, 0.3) is 0 Å². The molecule has 0 saturated carbocycles. The Morgan fingerprint density at radius 1 is 1.50 bits per heavy atom. The van der Waals surface area contributed by atoms with Crippen molar-refractivity contribution in [2.75, 3.05) is 26.7 Å². The molecule has 14 heavy (non-hydrogen) atoms. The number of hydrogen-bond acceptors (Lipinski definition) is 5. The fourth-order valence-electron chi connectivity index (χ4n) is 0.966. The van der Waals surface area contributed by atoms with Gasteiger partial charge >= 0.3 is 0 Å². The lowest BCUT2D eigenvalue weighted by Gasteiger charge is -2.30. The first-order valence-electron chi connectivity index (χ1n) is 4.31. The molecule has 6 heteroatoms. The molecule has 1 rings (SSSR count). The summed E-state index contributed by atoms with van der Waals surface area (Å²) in [6.45, 7) is 4.07. The van der Waals surface area contributed by atoms with E-state index >= 15 is 0 Å². The fourth-order valence-corrected chi connectivity index (χ4v) is 1.41. The van der Waals surface area contributed by atoms with E-state index in [-0.39, 0.29) is 0 Å². The summed E-state index contributed by atoms with van der Waals surface area (Å²) in [5.41, 5.74) is 0. The second-order valence-corrected chi connectivity index (χ2v) is 6.58. The van der Waals surface area contributed by atoms with Crippen molar-refractivity contribution in [1.82, 2.24) is 4.90 Å². The Labute approximate surface area is 84.7 Å². The molecule has 0 bridgehead atoms. The zero-order valence-corrected chi connectivity index (χ0v) is 9.76. The maximum Gasteiger partial charge on any atom is 0.207 e. The minimum atomic E-state index is -3.19. The summed E-state index contributed by atoms with van der Waals surface area (Å²) in [6, 6.07) is 0. The third kappa shape index (κ3) is 2.06. The number of rotatable bonds is 2. The van der Waals surface area contributed by atoms with Crippen LogP contribution in [0.2, 0.25) is 0 Å². The minimum Gasteiger partial charge on any atom is -0.464 e. The molecule has 0 spiro atoms. The lowest BCUT2D eigenvalue weighted by Crippen LogP contribution is -2.45. The van der Waals surface area contributed by atoms with Crippen LogP contribution in [0.4, 0.5) is 0 Å². The Balaban J connectivity index is 2.95. The predicted molar refractivity (Wildman–Crippen MR) is 54.9 cm³/mol. The summed E-state index contributed by atoms with van der Waals surface area (Å²) in [4.78, 5) is 5.94. The van der Waals surface area contributed by atoms with E-state index < -0.39 is 14.6 Å².